The molecule has 1 heterocycles. The van der Waals surface area contributed by atoms with Gasteiger partial charge in [0.05, 0.1) is 12.8 Å². The lowest BCUT2D eigenvalue weighted by atomic mass is 10.1. The molecule has 2 rings (SSSR count). The van der Waals surface area contributed by atoms with Crippen LogP contribution in [0.25, 0.3) is 11.3 Å². The first-order valence-electron chi connectivity index (χ1n) is 4.49. The summed E-state index contributed by atoms with van der Waals surface area (Å²) in [4.78, 5) is 2.95. The number of rotatable bonds is 2. The SMILES string of the molecule is COc1c(F)cccc1-c1cc(N)c[nH]1. The number of aromatic nitrogens is 1. The van der Waals surface area contributed by atoms with Gasteiger partial charge < -0.3 is 15.5 Å². The number of nitrogens with two attached hydrogens (primary N) is 1. The zero-order valence-electron chi connectivity index (χ0n) is 8.25. The molecular formula is C11H11FN2O. The average Bonchev–Trinajstić information content (AvgIpc) is 2.64. The minimum absolute atomic E-state index is 0.222. The molecule has 0 amide bonds. The van der Waals surface area contributed by atoms with Crippen LogP contribution in [0.15, 0.2) is 30.5 Å². The standard InChI is InChI=1S/C11H11FN2O/c1-15-11-8(3-2-4-9(11)12)10-5-7(13)6-14-10/h2-6,14H,13H2,1H3. The van der Waals surface area contributed by atoms with Gasteiger partial charge in [0.25, 0.3) is 0 Å². The van der Waals surface area contributed by atoms with Crippen LogP contribution in [0.3, 0.4) is 0 Å². The highest BCUT2D eigenvalue weighted by atomic mass is 19.1. The van der Waals surface area contributed by atoms with Crippen LogP contribution in [0.4, 0.5) is 10.1 Å². The lowest BCUT2D eigenvalue weighted by Crippen LogP contribution is -1.91. The molecule has 78 valence electrons. The second-order valence-electron chi connectivity index (χ2n) is 3.17. The zero-order valence-corrected chi connectivity index (χ0v) is 8.25. The van der Waals surface area contributed by atoms with Crippen molar-refractivity contribution < 1.29 is 9.13 Å². The van der Waals surface area contributed by atoms with Crippen molar-refractivity contribution in [1.29, 1.82) is 0 Å². The van der Waals surface area contributed by atoms with E-state index in [1.807, 2.05) is 0 Å². The van der Waals surface area contributed by atoms with Crippen LogP contribution in [-0.4, -0.2) is 12.1 Å². The summed E-state index contributed by atoms with van der Waals surface area (Å²) in [7, 11) is 1.44. The summed E-state index contributed by atoms with van der Waals surface area (Å²) in [6.07, 6.45) is 1.65. The number of nitrogen functional groups attached to an aromatic ring is 1. The molecule has 0 saturated carbocycles. The van der Waals surface area contributed by atoms with E-state index in [9.17, 15) is 4.39 Å². The minimum Gasteiger partial charge on any atom is -0.493 e. The number of aromatic amines is 1. The highest BCUT2D eigenvalue weighted by Gasteiger charge is 2.11. The number of H-pyrrole nitrogens is 1. The third-order valence-corrected chi connectivity index (χ3v) is 2.17. The van der Waals surface area contributed by atoms with Crippen molar-refractivity contribution in [1.82, 2.24) is 4.98 Å². The summed E-state index contributed by atoms with van der Waals surface area (Å²) in [5.74, 6) is -0.164. The van der Waals surface area contributed by atoms with Gasteiger partial charge in [-0.2, -0.15) is 0 Å². The Morgan fingerprint density at radius 2 is 2.20 bits per heavy atom. The topological polar surface area (TPSA) is 51.0 Å². The molecule has 0 radical (unpaired) electrons. The lowest BCUT2D eigenvalue weighted by molar-refractivity contribution is 0.388. The maximum absolute atomic E-state index is 13.4. The van der Waals surface area contributed by atoms with Gasteiger partial charge in [-0.1, -0.05) is 6.07 Å². The monoisotopic (exact) mass is 206 g/mol. The Morgan fingerprint density at radius 3 is 2.80 bits per heavy atom. The Balaban J connectivity index is 2.57. The Labute approximate surface area is 86.7 Å². The molecule has 0 fully saturated rings. The van der Waals surface area contributed by atoms with E-state index in [4.69, 9.17) is 10.5 Å². The highest BCUT2D eigenvalue weighted by Crippen LogP contribution is 2.31. The van der Waals surface area contributed by atoms with Gasteiger partial charge in [-0.3, -0.25) is 0 Å². The summed E-state index contributed by atoms with van der Waals surface area (Å²) in [6, 6.07) is 6.49. The van der Waals surface area contributed by atoms with Crippen molar-refractivity contribution in [3.63, 3.8) is 0 Å². The van der Waals surface area contributed by atoms with Gasteiger partial charge in [0, 0.05) is 17.4 Å². The smallest absolute Gasteiger partial charge is 0.165 e. The number of hydrogen-bond acceptors (Lipinski definition) is 2. The molecule has 0 atom stereocenters. The second-order valence-corrected chi connectivity index (χ2v) is 3.17. The molecule has 4 heteroatoms. The molecule has 3 N–H and O–H groups in total. The quantitative estimate of drug-likeness (QED) is 0.792. The van der Waals surface area contributed by atoms with E-state index in [-0.39, 0.29) is 11.6 Å². The molecule has 0 unspecified atom stereocenters. The van der Waals surface area contributed by atoms with Crippen molar-refractivity contribution in [3.05, 3.63) is 36.3 Å². The fourth-order valence-corrected chi connectivity index (χ4v) is 1.49. The number of halogens is 1. The molecule has 1 aromatic heterocycles. The second kappa shape index (κ2) is 3.65. The van der Waals surface area contributed by atoms with Gasteiger partial charge in [0.1, 0.15) is 0 Å². The van der Waals surface area contributed by atoms with Crippen LogP contribution in [0.1, 0.15) is 0 Å². The number of anilines is 1. The van der Waals surface area contributed by atoms with Gasteiger partial charge in [-0.15, -0.1) is 0 Å². The first-order valence-corrected chi connectivity index (χ1v) is 4.49. The van der Waals surface area contributed by atoms with Gasteiger partial charge in [0.15, 0.2) is 11.6 Å². The molecule has 15 heavy (non-hydrogen) atoms. The van der Waals surface area contributed by atoms with Crippen LogP contribution in [0.5, 0.6) is 5.75 Å². The zero-order chi connectivity index (χ0) is 10.8. The lowest BCUT2D eigenvalue weighted by Gasteiger charge is -2.07. The van der Waals surface area contributed by atoms with Crippen molar-refractivity contribution >= 4 is 5.69 Å². The maximum atomic E-state index is 13.4. The van der Waals surface area contributed by atoms with Crippen LogP contribution in [0.2, 0.25) is 0 Å². The predicted octanol–water partition coefficient (Wildman–Crippen LogP) is 2.41. The summed E-state index contributed by atoms with van der Waals surface area (Å²) >= 11 is 0. The molecule has 0 aliphatic carbocycles. The molecule has 0 spiro atoms. The fourth-order valence-electron chi connectivity index (χ4n) is 1.49. The Morgan fingerprint density at radius 1 is 1.40 bits per heavy atom. The summed E-state index contributed by atoms with van der Waals surface area (Å²) in [6.45, 7) is 0. The van der Waals surface area contributed by atoms with Gasteiger partial charge in [-0.25, -0.2) is 4.39 Å². The Kier molecular flexibility index (Phi) is 2.33. The summed E-state index contributed by atoms with van der Waals surface area (Å²) in [5, 5.41) is 0. The molecule has 0 bridgehead atoms. The number of benzene rings is 1. The molecule has 3 nitrogen and oxygen atoms in total. The van der Waals surface area contributed by atoms with Crippen molar-refractivity contribution in [3.8, 4) is 17.0 Å². The van der Waals surface area contributed by atoms with E-state index < -0.39 is 0 Å². The highest BCUT2D eigenvalue weighted by molar-refractivity contribution is 5.70. The van der Waals surface area contributed by atoms with Crippen molar-refractivity contribution in [2.75, 3.05) is 12.8 Å². The normalized spacial score (nSPS) is 10.3. The number of ether oxygens (including phenoxy) is 1. The third kappa shape index (κ3) is 1.66. The van der Waals surface area contributed by atoms with Gasteiger partial charge >= 0.3 is 0 Å². The van der Waals surface area contributed by atoms with Crippen LogP contribution < -0.4 is 10.5 Å². The summed E-state index contributed by atoms with van der Waals surface area (Å²) in [5.41, 5.74) is 7.59. The van der Waals surface area contributed by atoms with E-state index in [1.54, 1.807) is 24.4 Å². The van der Waals surface area contributed by atoms with E-state index in [0.717, 1.165) is 5.69 Å². The fraction of sp³-hybridized carbons (Fsp3) is 0.0909. The number of hydrogen-bond donors (Lipinski definition) is 2. The Hall–Kier alpha value is -1.97. The van der Waals surface area contributed by atoms with Gasteiger partial charge in [-0.05, 0) is 18.2 Å². The van der Waals surface area contributed by atoms with E-state index >= 15 is 0 Å². The first kappa shape index (κ1) is 9.58. The number of para-hydroxylation sites is 1. The minimum atomic E-state index is -0.386. The van der Waals surface area contributed by atoms with E-state index in [2.05, 4.69) is 4.98 Å². The van der Waals surface area contributed by atoms with Crippen molar-refractivity contribution in [2.24, 2.45) is 0 Å². The molecule has 0 saturated heterocycles. The van der Waals surface area contributed by atoms with E-state index in [0.29, 0.717) is 11.3 Å². The summed E-state index contributed by atoms with van der Waals surface area (Å²) < 4.78 is 18.4. The predicted molar refractivity (Wildman–Crippen MR) is 57.2 cm³/mol. The molecule has 0 aliphatic heterocycles. The largest absolute Gasteiger partial charge is 0.493 e. The molecule has 0 aliphatic rings. The Bertz CT molecular complexity index is 479. The third-order valence-electron chi connectivity index (χ3n) is 2.17. The average molecular weight is 206 g/mol. The molecular weight excluding hydrogens is 195 g/mol. The van der Waals surface area contributed by atoms with Crippen LogP contribution in [-0.2, 0) is 0 Å². The van der Waals surface area contributed by atoms with Crippen LogP contribution in [0, 0.1) is 5.82 Å². The number of nitrogens with one attached hydrogen (secondary N) is 1. The van der Waals surface area contributed by atoms with Crippen molar-refractivity contribution in [2.45, 2.75) is 0 Å². The molecule has 1 aromatic carbocycles. The molecule has 2 aromatic rings. The first-order chi connectivity index (χ1) is 7.22. The van der Waals surface area contributed by atoms with Gasteiger partial charge in [0.2, 0.25) is 0 Å². The number of methoxy groups -OCH3 is 1. The van der Waals surface area contributed by atoms with Crippen LogP contribution >= 0.6 is 0 Å². The maximum Gasteiger partial charge on any atom is 0.165 e. The van der Waals surface area contributed by atoms with E-state index in [1.165, 1.54) is 13.2 Å².